The summed E-state index contributed by atoms with van der Waals surface area (Å²) in [7, 11) is 0. The van der Waals surface area contributed by atoms with Gasteiger partial charge in [0.1, 0.15) is 11.8 Å². The summed E-state index contributed by atoms with van der Waals surface area (Å²) in [5.41, 5.74) is 0. The zero-order valence-electron chi connectivity index (χ0n) is 10.1. The van der Waals surface area contributed by atoms with Crippen molar-refractivity contribution in [3.63, 3.8) is 0 Å². The van der Waals surface area contributed by atoms with Gasteiger partial charge in [0.05, 0.1) is 25.4 Å². The van der Waals surface area contributed by atoms with Gasteiger partial charge in [0, 0.05) is 19.6 Å². The van der Waals surface area contributed by atoms with Crippen molar-refractivity contribution in [1.29, 1.82) is 5.26 Å². The lowest BCUT2D eigenvalue weighted by atomic mass is 10.2. The van der Waals surface area contributed by atoms with Crippen molar-refractivity contribution < 1.29 is 9.21 Å². The Labute approximate surface area is 106 Å². The number of piperazine rings is 1. The maximum absolute atomic E-state index is 11.7. The van der Waals surface area contributed by atoms with E-state index in [9.17, 15) is 4.79 Å². The van der Waals surface area contributed by atoms with E-state index in [4.69, 9.17) is 9.68 Å². The van der Waals surface area contributed by atoms with Gasteiger partial charge in [0.15, 0.2) is 0 Å². The number of carbonyl (C=O) groups excluding carboxylic acids is 1. The lowest BCUT2D eigenvalue weighted by Crippen LogP contribution is -2.53. The Kier molecular flexibility index (Phi) is 4.34. The number of nitrogens with one attached hydrogen (secondary N) is 2. The van der Waals surface area contributed by atoms with Crippen LogP contribution in [0.25, 0.3) is 0 Å². The van der Waals surface area contributed by atoms with E-state index in [0.717, 1.165) is 12.3 Å². The predicted octanol–water partition coefficient (Wildman–Crippen LogP) is -0.307. The molecule has 1 saturated heterocycles. The number of rotatable bonds is 4. The summed E-state index contributed by atoms with van der Waals surface area (Å²) >= 11 is 0. The second-order valence-electron chi connectivity index (χ2n) is 4.18. The molecular formula is C12H16N4O2. The molecule has 0 bridgehead atoms. The fourth-order valence-corrected chi connectivity index (χ4v) is 1.90. The fraction of sp³-hybridized carbons (Fsp3) is 0.500. The summed E-state index contributed by atoms with van der Waals surface area (Å²) < 4.78 is 5.13. The molecule has 0 saturated carbocycles. The number of hydrogen-bond acceptors (Lipinski definition) is 5. The highest BCUT2D eigenvalue weighted by Crippen LogP contribution is 2.02. The molecule has 2 heterocycles. The quantitative estimate of drug-likeness (QED) is 0.764. The molecular weight excluding hydrogens is 232 g/mol. The van der Waals surface area contributed by atoms with Gasteiger partial charge in [-0.1, -0.05) is 0 Å². The van der Waals surface area contributed by atoms with Crippen molar-refractivity contribution in [3.8, 4) is 6.07 Å². The zero-order valence-corrected chi connectivity index (χ0v) is 10.1. The molecule has 6 heteroatoms. The summed E-state index contributed by atoms with van der Waals surface area (Å²) in [5, 5.41) is 14.9. The van der Waals surface area contributed by atoms with Gasteiger partial charge in [-0.2, -0.15) is 5.26 Å². The standard InChI is InChI=1S/C12H16N4O2/c13-6-10-7-14-3-4-16(10)9-12(17)15-8-11-2-1-5-18-11/h1-2,5,10,14H,3-4,7-9H2,(H,15,17). The number of amides is 1. The average Bonchev–Trinajstić information content (AvgIpc) is 2.90. The molecule has 0 radical (unpaired) electrons. The lowest BCUT2D eigenvalue weighted by molar-refractivity contribution is -0.123. The van der Waals surface area contributed by atoms with Crippen LogP contribution in [0.5, 0.6) is 0 Å². The molecule has 6 nitrogen and oxygen atoms in total. The summed E-state index contributed by atoms with van der Waals surface area (Å²) in [5.74, 6) is 0.633. The van der Waals surface area contributed by atoms with Crippen LogP contribution in [0.3, 0.4) is 0 Å². The SMILES string of the molecule is N#CC1CNCCN1CC(=O)NCc1ccco1. The van der Waals surface area contributed by atoms with Crippen LogP contribution >= 0.6 is 0 Å². The van der Waals surface area contributed by atoms with Gasteiger partial charge in [-0.15, -0.1) is 0 Å². The van der Waals surface area contributed by atoms with E-state index in [2.05, 4.69) is 16.7 Å². The molecule has 1 unspecified atom stereocenters. The van der Waals surface area contributed by atoms with Gasteiger partial charge in [0.25, 0.3) is 0 Å². The monoisotopic (exact) mass is 248 g/mol. The number of hydrogen-bond donors (Lipinski definition) is 2. The first kappa shape index (κ1) is 12.6. The molecule has 1 aliphatic rings. The van der Waals surface area contributed by atoms with Crippen LogP contribution in [-0.4, -0.2) is 43.0 Å². The third-order valence-electron chi connectivity index (χ3n) is 2.89. The molecule has 2 N–H and O–H groups in total. The minimum absolute atomic E-state index is 0.0893. The summed E-state index contributed by atoms with van der Waals surface area (Å²) in [6.07, 6.45) is 1.57. The Balaban J connectivity index is 1.78. The molecule has 1 amide bonds. The number of nitrogens with zero attached hydrogens (tertiary/aromatic N) is 2. The van der Waals surface area contributed by atoms with Crippen LogP contribution in [0.2, 0.25) is 0 Å². The first-order valence-corrected chi connectivity index (χ1v) is 5.93. The van der Waals surface area contributed by atoms with E-state index in [1.807, 2.05) is 11.0 Å². The van der Waals surface area contributed by atoms with Crippen LogP contribution in [-0.2, 0) is 11.3 Å². The van der Waals surface area contributed by atoms with E-state index in [-0.39, 0.29) is 18.5 Å². The van der Waals surface area contributed by atoms with Crippen molar-refractivity contribution in [3.05, 3.63) is 24.2 Å². The lowest BCUT2D eigenvalue weighted by Gasteiger charge is -2.31. The van der Waals surface area contributed by atoms with Crippen LogP contribution in [0.15, 0.2) is 22.8 Å². The maximum Gasteiger partial charge on any atom is 0.234 e. The van der Waals surface area contributed by atoms with Crippen LogP contribution in [0.1, 0.15) is 5.76 Å². The molecule has 18 heavy (non-hydrogen) atoms. The average molecular weight is 248 g/mol. The smallest absolute Gasteiger partial charge is 0.234 e. The Bertz CT molecular complexity index is 424. The van der Waals surface area contributed by atoms with Crippen molar-refractivity contribution in [1.82, 2.24) is 15.5 Å². The molecule has 1 aromatic rings. The molecule has 1 aromatic heterocycles. The topological polar surface area (TPSA) is 81.3 Å². The van der Waals surface area contributed by atoms with Crippen LogP contribution in [0.4, 0.5) is 0 Å². The van der Waals surface area contributed by atoms with E-state index >= 15 is 0 Å². The van der Waals surface area contributed by atoms with E-state index < -0.39 is 0 Å². The number of furan rings is 1. The van der Waals surface area contributed by atoms with Gasteiger partial charge in [-0.05, 0) is 12.1 Å². The van der Waals surface area contributed by atoms with Gasteiger partial charge >= 0.3 is 0 Å². The normalized spacial score (nSPS) is 20.3. The molecule has 0 spiro atoms. The van der Waals surface area contributed by atoms with Gasteiger partial charge < -0.3 is 15.1 Å². The number of nitriles is 1. The summed E-state index contributed by atoms with van der Waals surface area (Å²) in [6.45, 7) is 2.77. The predicted molar refractivity (Wildman–Crippen MR) is 64.4 cm³/mol. The van der Waals surface area contributed by atoms with Crippen molar-refractivity contribution in [2.75, 3.05) is 26.2 Å². The van der Waals surface area contributed by atoms with Gasteiger partial charge in [-0.25, -0.2) is 0 Å². The van der Waals surface area contributed by atoms with Gasteiger partial charge in [0.2, 0.25) is 5.91 Å². The highest BCUT2D eigenvalue weighted by atomic mass is 16.3. The number of carbonyl (C=O) groups is 1. The first-order valence-electron chi connectivity index (χ1n) is 5.93. The second kappa shape index (κ2) is 6.19. The molecule has 1 aliphatic heterocycles. The minimum atomic E-state index is -0.229. The molecule has 96 valence electrons. The third-order valence-corrected chi connectivity index (χ3v) is 2.89. The zero-order chi connectivity index (χ0) is 12.8. The molecule has 1 atom stereocenters. The fourth-order valence-electron chi connectivity index (χ4n) is 1.90. The Morgan fingerprint density at radius 3 is 3.33 bits per heavy atom. The molecule has 0 aliphatic carbocycles. The van der Waals surface area contributed by atoms with E-state index in [1.54, 1.807) is 12.3 Å². The van der Waals surface area contributed by atoms with Crippen LogP contribution < -0.4 is 10.6 Å². The molecule has 2 rings (SSSR count). The van der Waals surface area contributed by atoms with Crippen molar-refractivity contribution in [2.24, 2.45) is 0 Å². The molecule has 0 aromatic carbocycles. The summed E-state index contributed by atoms with van der Waals surface area (Å²) in [4.78, 5) is 13.6. The Morgan fingerprint density at radius 2 is 2.61 bits per heavy atom. The molecule has 1 fully saturated rings. The van der Waals surface area contributed by atoms with Crippen molar-refractivity contribution >= 4 is 5.91 Å². The van der Waals surface area contributed by atoms with E-state index in [1.165, 1.54) is 0 Å². The van der Waals surface area contributed by atoms with E-state index in [0.29, 0.717) is 19.6 Å². The summed E-state index contributed by atoms with van der Waals surface area (Å²) in [6, 6.07) is 5.56. The Morgan fingerprint density at radius 1 is 1.72 bits per heavy atom. The maximum atomic E-state index is 11.7. The first-order chi connectivity index (χ1) is 8.79. The Hall–Kier alpha value is -1.84. The van der Waals surface area contributed by atoms with Gasteiger partial charge in [-0.3, -0.25) is 9.69 Å². The second-order valence-corrected chi connectivity index (χ2v) is 4.18. The highest BCUT2D eigenvalue weighted by molar-refractivity contribution is 5.78. The van der Waals surface area contributed by atoms with Crippen LogP contribution in [0, 0.1) is 11.3 Å². The third kappa shape index (κ3) is 3.32. The highest BCUT2D eigenvalue weighted by Gasteiger charge is 2.23. The minimum Gasteiger partial charge on any atom is -0.467 e. The largest absolute Gasteiger partial charge is 0.467 e. The van der Waals surface area contributed by atoms with Crippen molar-refractivity contribution in [2.45, 2.75) is 12.6 Å².